The quantitative estimate of drug-likeness (QED) is 0.708. The Balaban J connectivity index is 1.81. The molecule has 0 spiro atoms. The molecule has 0 radical (unpaired) electrons. The summed E-state index contributed by atoms with van der Waals surface area (Å²) in [6.07, 6.45) is 5.82. The number of aromatic nitrogens is 2. The highest BCUT2D eigenvalue weighted by Crippen LogP contribution is 2.19. The monoisotopic (exact) mass is 294 g/mol. The highest BCUT2D eigenvalue weighted by atomic mass is 16.5. The molecule has 0 aromatic carbocycles. The van der Waals surface area contributed by atoms with Gasteiger partial charge < -0.3 is 10.1 Å². The van der Waals surface area contributed by atoms with Crippen molar-refractivity contribution in [3.8, 4) is 0 Å². The zero-order chi connectivity index (χ0) is 15.1. The summed E-state index contributed by atoms with van der Waals surface area (Å²) in [6.45, 7) is 9.35. The van der Waals surface area contributed by atoms with Crippen LogP contribution in [0.15, 0.2) is 12.3 Å². The Kier molecular flexibility index (Phi) is 6.67. The van der Waals surface area contributed by atoms with E-state index in [0.29, 0.717) is 12.1 Å². The number of nitrogens with one attached hydrogen (secondary N) is 1. The van der Waals surface area contributed by atoms with Gasteiger partial charge in [-0.05, 0) is 38.8 Å². The molecule has 1 saturated heterocycles. The molecule has 5 nitrogen and oxygen atoms in total. The van der Waals surface area contributed by atoms with Gasteiger partial charge >= 0.3 is 0 Å². The summed E-state index contributed by atoms with van der Waals surface area (Å²) >= 11 is 0. The van der Waals surface area contributed by atoms with Gasteiger partial charge in [-0.2, -0.15) is 5.10 Å². The summed E-state index contributed by atoms with van der Waals surface area (Å²) in [5.41, 5.74) is 1.19. The SMILES string of the molecule is CCC(C)n1ccc(CN2CCCC2CNCCOC)n1. The maximum Gasteiger partial charge on any atom is 0.0765 e. The minimum absolute atomic E-state index is 0.490. The minimum atomic E-state index is 0.490. The van der Waals surface area contributed by atoms with Crippen molar-refractivity contribution in [3.63, 3.8) is 0 Å². The van der Waals surface area contributed by atoms with E-state index in [1.165, 1.54) is 25.1 Å². The first-order chi connectivity index (χ1) is 10.2. The third-order valence-corrected chi connectivity index (χ3v) is 4.43. The summed E-state index contributed by atoms with van der Waals surface area (Å²) in [6, 6.07) is 3.29. The Bertz CT molecular complexity index is 407. The highest BCUT2D eigenvalue weighted by Gasteiger charge is 2.24. The van der Waals surface area contributed by atoms with Crippen molar-refractivity contribution in [2.24, 2.45) is 0 Å². The molecule has 1 aliphatic rings. The van der Waals surface area contributed by atoms with E-state index in [0.717, 1.165) is 32.7 Å². The topological polar surface area (TPSA) is 42.3 Å². The van der Waals surface area contributed by atoms with E-state index in [4.69, 9.17) is 9.84 Å². The van der Waals surface area contributed by atoms with Gasteiger partial charge in [0.25, 0.3) is 0 Å². The standard InChI is InChI=1S/C16H30N4O/c1-4-14(2)20-10-7-15(18-20)13-19-9-5-6-16(19)12-17-8-11-21-3/h7,10,14,16-17H,4-6,8-9,11-13H2,1-3H3. The van der Waals surface area contributed by atoms with Crippen LogP contribution in [0, 0.1) is 0 Å². The molecule has 21 heavy (non-hydrogen) atoms. The van der Waals surface area contributed by atoms with Gasteiger partial charge in [0, 0.05) is 45.0 Å². The molecule has 1 aliphatic heterocycles. The van der Waals surface area contributed by atoms with Crippen LogP contribution in [-0.2, 0) is 11.3 Å². The number of likely N-dealkylation sites (tertiary alicyclic amines) is 1. The van der Waals surface area contributed by atoms with Crippen LogP contribution >= 0.6 is 0 Å². The minimum Gasteiger partial charge on any atom is -0.383 e. The molecule has 120 valence electrons. The molecular formula is C16H30N4O. The van der Waals surface area contributed by atoms with Crippen LogP contribution in [0.4, 0.5) is 0 Å². The van der Waals surface area contributed by atoms with Crippen molar-refractivity contribution in [1.82, 2.24) is 20.0 Å². The molecule has 1 N–H and O–H groups in total. The fourth-order valence-electron chi connectivity index (χ4n) is 2.88. The van der Waals surface area contributed by atoms with Crippen molar-refractivity contribution in [2.45, 2.75) is 51.7 Å². The summed E-state index contributed by atoms with van der Waals surface area (Å²) in [7, 11) is 1.75. The second-order valence-electron chi connectivity index (χ2n) is 6.01. The van der Waals surface area contributed by atoms with Gasteiger partial charge in [0.2, 0.25) is 0 Å². The largest absolute Gasteiger partial charge is 0.383 e. The molecule has 2 unspecified atom stereocenters. The third-order valence-electron chi connectivity index (χ3n) is 4.43. The highest BCUT2D eigenvalue weighted by molar-refractivity contribution is 5.01. The van der Waals surface area contributed by atoms with Crippen LogP contribution in [0.3, 0.4) is 0 Å². The fraction of sp³-hybridized carbons (Fsp3) is 0.812. The Morgan fingerprint density at radius 3 is 3.14 bits per heavy atom. The predicted octanol–water partition coefficient (Wildman–Crippen LogP) is 2.05. The van der Waals surface area contributed by atoms with E-state index >= 15 is 0 Å². The lowest BCUT2D eigenvalue weighted by Gasteiger charge is -2.24. The summed E-state index contributed by atoms with van der Waals surface area (Å²) in [4.78, 5) is 2.56. The number of methoxy groups -OCH3 is 1. The number of nitrogens with zero attached hydrogens (tertiary/aromatic N) is 3. The van der Waals surface area contributed by atoms with Gasteiger partial charge in [-0.25, -0.2) is 0 Å². The number of hydrogen-bond acceptors (Lipinski definition) is 4. The zero-order valence-electron chi connectivity index (χ0n) is 13.7. The van der Waals surface area contributed by atoms with Gasteiger partial charge in [-0.3, -0.25) is 9.58 Å². The van der Waals surface area contributed by atoms with Gasteiger partial charge in [0.15, 0.2) is 0 Å². The van der Waals surface area contributed by atoms with Crippen LogP contribution in [0.2, 0.25) is 0 Å². The second kappa shape index (κ2) is 8.51. The second-order valence-corrected chi connectivity index (χ2v) is 6.01. The summed E-state index contributed by atoms with van der Waals surface area (Å²) in [5.74, 6) is 0. The number of ether oxygens (including phenoxy) is 1. The van der Waals surface area contributed by atoms with Crippen molar-refractivity contribution < 1.29 is 4.74 Å². The molecule has 0 amide bonds. The first-order valence-corrected chi connectivity index (χ1v) is 8.22. The van der Waals surface area contributed by atoms with Gasteiger partial charge in [0.05, 0.1) is 12.3 Å². The van der Waals surface area contributed by atoms with Crippen molar-refractivity contribution in [3.05, 3.63) is 18.0 Å². The van der Waals surface area contributed by atoms with E-state index in [1.54, 1.807) is 7.11 Å². The molecule has 2 atom stereocenters. The molecule has 1 aromatic heterocycles. The van der Waals surface area contributed by atoms with E-state index in [2.05, 4.69) is 41.0 Å². The molecule has 5 heteroatoms. The van der Waals surface area contributed by atoms with E-state index < -0.39 is 0 Å². The lowest BCUT2D eigenvalue weighted by molar-refractivity contribution is 0.190. The number of hydrogen-bond donors (Lipinski definition) is 1. The summed E-state index contributed by atoms with van der Waals surface area (Å²) < 4.78 is 7.17. The molecule has 1 fully saturated rings. The smallest absolute Gasteiger partial charge is 0.0765 e. The predicted molar refractivity (Wildman–Crippen MR) is 85.4 cm³/mol. The normalized spacial score (nSPS) is 21.0. The Labute approximate surface area is 128 Å². The van der Waals surface area contributed by atoms with Crippen LogP contribution < -0.4 is 5.32 Å². The first-order valence-electron chi connectivity index (χ1n) is 8.22. The van der Waals surface area contributed by atoms with Crippen molar-refractivity contribution in [1.29, 1.82) is 0 Å². The Morgan fingerprint density at radius 1 is 1.52 bits per heavy atom. The number of rotatable bonds is 9. The molecule has 2 rings (SSSR count). The van der Waals surface area contributed by atoms with Crippen LogP contribution in [-0.4, -0.2) is 54.1 Å². The Morgan fingerprint density at radius 2 is 2.38 bits per heavy atom. The van der Waals surface area contributed by atoms with Gasteiger partial charge in [-0.15, -0.1) is 0 Å². The molecule has 1 aromatic rings. The summed E-state index contributed by atoms with van der Waals surface area (Å²) in [5, 5.41) is 8.21. The molecule has 0 saturated carbocycles. The van der Waals surface area contributed by atoms with Gasteiger partial charge in [-0.1, -0.05) is 6.92 Å². The molecule has 0 aliphatic carbocycles. The van der Waals surface area contributed by atoms with E-state index in [-0.39, 0.29) is 0 Å². The lowest BCUT2D eigenvalue weighted by Crippen LogP contribution is -2.38. The van der Waals surface area contributed by atoms with Crippen molar-refractivity contribution in [2.75, 3.05) is 33.4 Å². The molecular weight excluding hydrogens is 264 g/mol. The molecule has 0 bridgehead atoms. The van der Waals surface area contributed by atoms with Gasteiger partial charge in [0.1, 0.15) is 0 Å². The fourth-order valence-corrected chi connectivity index (χ4v) is 2.88. The Hall–Kier alpha value is -0.910. The molecule has 2 heterocycles. The van der Waals surface area contributed by atoms with E-state index in [9.17, 15) is 0 Å². The lowest BCUT2D eigenvalue weighted by atomic mass is 10.2. The maximum absolute atomic E-state index is 5.08. The average Bonchev–Trinajstić information content (AvgIpc) is 3.13. The van der Waals surface area contributed by atoms with Crippen LogP contribution in [0.5, 0.6) is 0 Å². The first kappa shape index (κ1) is 16.5. The van der Waals surface area contributed by atoms with E-state index in [1.807, 2.05) is 0 Å². The van der Waals surface area contributed by atoms with Crippen LogP contribution in [0.1, 0.15) is 44.8 Å². The zero-order valence-corrected chi connectivity index (χ0v) is 13.7. The maximum atomic E-state index is 5.08. The third kappa shape index (κ3) is 4.80. The average molecular weight is 294 g/mol. The van der Waals surface area contributed by atoms with Crippen molar-refractivity contribution >= 4 is 0 Å². The van der Waals surface area contributed by atoms with Crippen LogP contribution in [0.25, 0.3) is 0 Å².